The molecule has 0 saturated carbocycles. The minimum atomic E-state index is -4.71. The highest BCUT2D eigenvalue weighted by molar-refractivity contribution is 5.97. The highest BCUT2D eigenvalue weighted by Gasteiger charge is 2.31. The molecule has 12 heteroatoms. The summed E-state index contributed by atoms with van der Waals surface area (Å²) in [6, 6.07) is 11.2. The van der Waals surface area contributed by atoms with E-state index in [-0.39, 0.29) is 11.7 Å². The number of alkyl halides is 3. The van der Waals surface area contributed by atoms with Gasteiger partial charge in [0.25, 0.3) is 5.91 Å². The van der Waals surface area contributed by atoms with Gasteiger partial charge in [-0.25, -0.2) is 9.97 Å². The Labute approximate surface area is 200 Å². The topological polar surface area (TPSA) is 95.5 Å². The van der Waals surface area contributed by atoms with Gasteiger partial charge in [0.2, 0.25) is 11.9 Å². The van der Waals surface area contributed by atoms with Crippen molar-refractivity contribution in [3.8, 4) is 5.75 Å². The van der Waals surface area contributed by atoms with Gasteiger partial charge in [-0.15, -0.1) is 13.2 Å². The summed E-state index contributed by atoms with van der Waals surface area (Å²) in [5.41, 5.74) is 2.85. The van der Waals surface area contributed by atoms with E-state index in [1.807, 2.05) is 17.9 Å². The van der Waals surface area contributed by atoms with Crippen molar-refractivity contribution in [1.82, 2.24) is 20.3 Å². The van der Waals surface area contributed by atoms with Crippen LogP contribution >= 0.6 is 0 Å². The quantitative estimate of drug-likeness (QED) is 0.546. The van der Waals surface area contributed by atoms with Gasteiger partial charge in [0.15, 0.2) is 0 Å². The van der Waals surface area contributed by atoms with Crippen molar-refractivity contribution in [3.05, 3.63) is 59.9 Å². The van der Waals surface area contributed by atoms with Crippen LogP contribution in [-0.4, -0.2) is 60.4 Å². The molecule has 2 aromatic carbocycles. The molecule has 1 aliphatic rings. The van der Waals surface area contributed by atoms with E-state index in [4.69, 9.17) is 0 Å². The fraction of sp³-hybridized carbons (Fsp3) is 0.304. The number of amides is 1. The maximum atomic E-state index is 12.4. The Bertz CT molecular complexity index is 1180. The second-order valence-electron chi connectivity index (χ2n) is 7.81. The van der Waals surface area contributed by atoms with Crippen LogP contribution in [0.15, 0.2) is 48.8 Å². The van der Waals surface area contributed by atoms with Gasteiger partial charge in [0, 0.05) is 50.2 Å². The number of hydrogen-bond donors (Lipinski definition) is 2. The zero-order valence-electron chi connectivity index (χ0n) is 19.1. The molecule has 2 heterocycles. The SMILES string of the molecule is CNC(=O)c1cccc(Nc2ncnc(N3CCN(c4ccc(OC(F)(F)F)cc4)CC3)n2)c1C. The molecule has 0 unspecified atom stereocenters. The lowest BCUT2D eigenvalue weighted by Crippen LogP contribution is -2.47. The molecule has 0 aliphatic carbocycles. The number of ether oxygens (including phenoxy) is 1. The lowest BCUT2D eigenvalue weighted by Gasteiger charge is -2.36. The number of piperazine rings is 1. The number of carbonyl (C=O) groups excluding carboxylic acids is 1. The van der Waals surface area contributed by atoms with E-state index < -0.39 is 6.36 Å². The van der Waals surface area contributed by atoms with Gasteiger partial charge in [-0.3, -0.25) is 4.79 Å². The Hall–Kier alpha value is -4.09. The van der Waals surface area contributed by atoms with E-state index in [1.54, 1.807) is 31.3 Å². The number of hydrogen-bond acceptors (Lipinski definition) is 8. The standard InChI is InChI=1S/C23H24F3N7O2/c1-15-18(20(34)27-2)4-3-5-19(15)30-21-28-14-29-22(31-21)33-12-10-32(11-13-33)16-6-8-17(9-7-16)35-23(24,25)26/h3-9,14H,10-13H2,1-2H3,(H,27,34)(H,28,29,30,31). The molecule has 0 atom stereocenters. The van der Waals surface area contributed by atoms with Gasteiger partial charge in [0.1, 0.15) is 12.1 Å². The fourth-order valence-corrected chi connectivity index (χ4v) is 3.80. The Kier molecular flexibility index (Phi) is 6.90. The summed E-state index contributed by atoms with van der Waals surface area (Å²) in [6.07, 6.45) is -3.29. The van der Waals surface area contributed by atoms with Crippen LogP contribution in [0.25, 0.3) is 0 Å². The van der Waals surface area contributed by atoms with Crippen LogP contribution in [0, 0.1) is 6.92 Å². The van der Waals surface area contributed by atoms with E-state index >= 15 is 0 Å². The number of nitrogens with one attached hydrogen (secondary N) is 2. The summed E-state index contributed by atoms with van der Waals surface area (Å²) in [5.74, 6) is 0.440. The number of carbonyl (C=O) groups is 1. The molecule has 4 rings (SSSR count). The zero-order chi connectivity index (χ0) is 25.0. The van der Waals surface area contributed by atoms with Crippen molar-refractivity contribution in [2.45, 2.75) is 13.3 Å². The number of nitrogens with zero attached hydrogens (tertiary/aromatic N) is 5. The average molecular weight is 487 g/mol. The van der Waals surface area contributed by atoms with E-state index in [0.717, 1.165) is 11.3 Å². The van der Waals surface area contributed by atoms with Gasteiger partial charge in [-0.05, 0) is 48.9 Å². The predicted molar refractivity (Wildman–Crippen MR) is 125 cm³/mol. The summed E-state index contributed by atoms with van der Waals surface area (Å²) in [5, 5.41) is 5.78. The zero-order valence-corrected chi connectivity index (χ0v) is 19.1. The second-order valence-corrected chi connectivity index (χ2v) is 7.81. The Balaban J connectivity index is 1.39. The molecule has 1 amide bonds. The molecule has 9 nitrogen and oxygen atoms in total. The van der Waals surface area contributed by atoms with Crippen LogP contribution in [0.3, 0.4) is 0 Å². The van der Waals surface area contributed by atoms with Crippen LogP contribution in [0.5, 0.6) is 5.75 Å². The van der Waals surface area contributed by atoms with Gasteiger partial charge in [-0.1, -0.05) is 6.07 Å². The first kappa shape index (κ1) is 24.0. The third-order valence-electron chi connectivity index (χ3n) is 5.61. The predicted octanol–water partition coefficient (Wildman–Crippen LogP) is 3.51. The molecule has 2 N–H and O–H groups in total. The van der Waals surface area contributed by atoms with Crippen molar-refractivity contribution in [3.63, 3.8) is 0 Å². The number of aromatic nitrogens is 3. The van der Waals surface area contributed by atoms with Crippen molar-refractivity contribution in [1.29, 1.82) is 0 Å². The molecule has 184 valence electrons. The van der Waals surface area contributed by atoms with Crippen molar-refractivity contribution >= 4 is 29.2 Å². The van der Waals surface area contributed by atoms with Gasteiger partial charge in [-0.2, -0.15) is 4.98 Å². The number of anilines is 4. The molecule has 3 aromatic rings. The maximum Gasteiger partial charge on any atom is 0.573 e. The van der Waals surface area contributed by atoms with Gasteiger partial charge in [0.05, 0.1) is 0 Å². The van der Waals surface area contributed by atoms with Crippen LogP contribution in [0.1, 0.15) is 15.9 Å². The summed E-state index contributed by atoms with van der Waals surface area (Å²) in [7, 11) is 1.58. The van der Waals surface area contributed by atoms with E-state index in [9.17, 15) is 18.0 Å². The lowest BCUT2D eigenvalue weighted by molar-refractivity contribution is -0.274. The molecule has 0 bridgehead atoms. The second kappa shape index (κ2) is 10.0. The van der Waals surface area contributed by atoms with Crippen molar-refractivity contribution in [2.75, 3.05) is 48.3 Å². The maximum absolute atomic E-state index is 12.4. The third-order valence-corrected chi connectivity index (χ3v) is 5.61. The van der Waals surface area contributed by atoms with Crippen LogP contribution in [0.4, 0.5) is 36.4 Å². The van der Waals surface area contributed by atoms with Gasteiger partial charge < -0.3 is 25.2 Å². The van der Waals surface area contributed by atoms with Crippen LogP contribution in [0.2, 0.25) is 0 Å². The van der Waals surface area contributed by atoms with Crippen molar-refractivity contribution in [2.24, 2.45) is 0 Å². The van der Waals surface area contributed by atoms with Gasteiger partial charge >= 0.3 is 6.36 Å². The summed E-state index contributed by atoms with van der Waals surface area (Å²) < 4.78 is 41.0. The van der Waals surface area contributed by atoms with E-state index in [0.29, 0.717) is 49.3 Å². The number of rotatable bonds is 6. The molecule has 0 radical (unpaired) electrons. The highest BCUT2D eigenvalue weighted by Crippen LogP contribution is 2.27. The Morgan fingerprint density at radius 1 is 1.00 bits per heavy atom. The molecular formula is C23H24F3N7O2. The Morgan fingerprint density at radius 3 is 2.34 bits per heavy atom. The molecule has 1 saturated heterocycles. The summed E-state index contributed by atoms with van der Waals surface area (Å²) in [4.78, 5) is 29.1. The normalized spacial score (nSPS) is 14.0. The minimum Gasteiger partial charge on any atom is -0.406 e. The van der Waals surface area contributed by atoms with E-state index in [2.05, 4.69) is 35.2 Å². The van der Waals surface area contributed by atoms with E-state index in [1.165, 1.54) is 18.5 Å². The first-order valence-corrected chi connectivity index (χ1v) is 10.9. The minimum absolute atomic E-state index is 0.178. The smallest absolute Gasteiger partial charge is 0.406 e. The van der Waals surface area contributed by atoms with Crippen LogP contribution < -0.4 is 25.2 Å². The monoisotopic (exact) mass is 487 g/mol. The first-order chi connectivity index (χ1) is 16.7. The third kappa shape index (κ3) is 5.89. The molecule has 0 spiro atoms. The van der Waals surface area contributed by atoms with Crippen LogP contribution in [-0.2, 0) is 0 Å². The molecule has 1 fully saturated rings. The number of halogens is 3. The average Bonchev–Trinajstić information content (AvgIpc) is 2.85. The molecule has 1 aromatic heterocycles. The molecule has 1 aliphatic heterocycles. The molecular weight excluding hydrogens is 463 g/mol. The highest BCUT2D eigenvalue weighted by atomic mass is 19.4. The lowest BCUT2D eigenvalue weighted by atomic mass is 10.1. The first-order valence-electron chi connectivity index (χ1n) is 10.9. The fourth-order valence-electron chi connectivity index (χ4n) is 3.80. The Morgan fingerprint density at radius 2 is 1.69 bits per heavy atom. The summed E-state index contributed by atoms with van der Waals surface area (Å²) >= 11 is 0. The molecule has 35 heavy (non-hydrogen) atoms. The number of benzene rings is 2. The van der Waals surface area contributed by atoms with Crippen molar-refractivity contribution < 1.29 is 22.7 Å². The summed E-state index contributed by atoms with van der Waals surface area (Å²) in [6.45, 7) is 4.36. The largest absolute Gasteiger partial charge is 0.573 e.